The third-order valence-corrected chi connectivity index (χ3v) is 2.60. The predicted molar refractivity (Wildman–Crippen MR) is 68.8 cm³/mol. The number of nitrogens with two attached hydrogens (primary N) is 1. The zero-order valence-electron chi connectivity index (χ0n) is 10.4. The van der Waals surface area contributed by atoms with E-state index in [1.807, 2.05) is 0 Å². The first kappa shape index (κ1) is 12.8. The Bertz CT molecular complexity index is 602. The topological polar surface area (TPSA) is 87.2 Å². The van der Waals surface area contributed by atoms with Crippen LogP contribution in [0.5, 0.6) is 5.75 Å². The van der Waals surface area contributed by atoms with Crippen molar-refractivity contribution in [3.8, 4) is 17.0 Å². The number of amides is 1. The van der Waals surface area contributed by atoms with Crippen LogP contribution in [0, 0.1) is 0 Å². The Morgan fingerprint density at radius 2 is 2.11 bits per heavy atom. The Balaban J connectivity index is 2.39. The lowest BCUT2D eigenvalue weighted by Crippen LogP contribution is -2.18. The van der Waals surface area contributed by atoms with Gasteiger partial charge in [0.05, 0.1) is 12.7 Å². The summed E-state index contributed by atoms with van der Waals surface area (Å²) in [6, 6.07) is 7.14. The van der Waals surface area contributed by atoms with Crippen LogP contribution in [0.1, 0.15) is 10.4 Å². The maximum atomic E-state index is 11.0. The lowest BCUT2D eigenvalue weighted by molar-refractivity contribution is -0.118. The number of primary amides is 1. The highest BCUT2D eigenvalue weighted by molar-refractivity contribution is 5.85. The molecule has 0 aliphatic rings. The molecule has 0 radical (unpaired) electrons. The SMILES string of the molecule is COc1ccc(-c2nn(CC(N)=O)cc2C=O)cc1. The summed E-state index contributed by atoms with van der Waals surface area (Å²) in [6.45, 7) is -0.0585. The van der Waals surface area contributed by atoms with Gasteiger partial charge in [0, 0.05) is 11.8 Å². The standard InChI is InChI=1S/C13H13N3O3/c1-19-11-4-2-9(3-5-11)13-10(8-17)6-16(15-13)7-12(14)18/h2-6,8H,7H2,1H3,(H2,14,18). The molecule has 0 unspecified atom stereocenters. The fourth-order valence-corrected chi connectivity index (χ4v) is 1.74. The van der Waals surface area contributed by atoms with Gasteiger partial charge < -0.3 is 10.5 Å². The van der Waals surface area contributed by atoms with E-state index in [0.717, 1.165) is 5.56 Å². The van der Waals surface area contributed by atoms with Crippen LogP contribution in [0.3, 0.4) is 0 Å². The van der Waals surface area contributed by atoms with Gasteiger partial charge in [0.1, 0.15) is 18.0 Å². The molecule has 6 nitrogen and oxygen atoms in total. The second-order valence-electron chi connectivity index (χ2n) is 3.94. The minimum Gasteiger partial charge on any atom is -0.497 e. The average Bonchev–Trinajstić information content (AvgIpc) is 2.81. The molecule has 6 heteroatoms. The van der Waals surface area contributed by atoms with Gasteiger partial charge in [-0.15, -0.1) is 0 Å². The molecule has 0 aliphatic carbocycles. The number of aldehydes is 1. The zero-order chi connectivity index (χ0) is 13.8. The Morgan fingerprint density at radius 1 is 1.42 bits per heavy atom. The van der Waals surface area contributed by atoms with Gasteiger partial charge in [0.2, 0.25) is 5.91 Å². The summed E-state index contributed by atoms with van der Waals surface area (Å²) in [5.74, 6) is 0.203. The van der Waals surface area contributed by atoms with E-state index in [2.05, 4.69) is 5.10 Å². The molecule has 19 heavy (non-hydrogen) atoms. The van der Waals surface area contributed by atoms with Crippen LogP contribution in [0.2, 0.25) is 0 Å². The van der Waals surface area contributed by atoms with Gasteiger partial charge in [-0.3, -0.25) is 14.3 Å². The van der Waals surface area contributed by atoms with Gasteiger partial charge in [-0.1, -0.05) is 0 Å². The first-order valence-electron chi connectivity index (χ1n) is 5.59. The van der Waals surface area contributed by atoms with Crippen molar-refractivity contribution in [1.82, 2.24) is 9.78 Å². The maximum Gasteiger partial charge on any atom is 0.239 e. The molecule has 1 aromatic carbocycles. The highest BCUT2D eigenvalue weighted by Gasteiger charge is 2.11. The Labute approximate surface area is 109 Å². The van der Waals surface area contributed by atoms with Crippen LogP contribution >= 0.6 is 0 Å². The van der Waals surface area contributed by atoms with E-state index in [4.69, 9.17) is 10.5 Å². The number of aromatic nitrogens is 2. The van der Waals surface area contributed by atoms with Crippen LogP contribution in [0.15, 0.2) is 30.5 Å². The van der Waals surface area contributed by atoms with E-state index >= 15 is 0 Å². The number of benzene rings is 1. The largest absolute Gasteiger partial charge is 0.497 e. The Kier molecular flexibility index (Phi) is 3.61. The van der Waals surface area contributed by atoms with Crippen LogP contribution < -0.4 is 10.5 Å². The summed E-state index contributed by atoms with van der Waals surface area (Å²) in [6.07, 6.45) is 2.20. The zero-order valence-corrected chi connectivity index (χ0v) is 10.4. The average molecular weight is 259 g/mol. The number of carbonyl (C=O) groups excluding carboxylic acids is 2. The summed E-state index contributed by atoms with van der Waals surface area (Å²) in [5, 5.41) is 4.19. The van der Waals surface area contributed by atoms with Crippen molar-refractivity contribution in [3.63, 3.8) is 0 Å². The molecule has 0 saturated carbocycles. The third-order valence-electron chi connectivity index (χ3n) is 2.60. The molecule has 1 amide bonds. The molecule has 0 bridgehead atoms. The van der Waals surface area contributed by atoms with E-state index in [1.54, 1.807) is 31.4 Å². The highest BCUT2D eigenvalue weighted by atomic mass is 16.5. The fraction of sp³-hybridized carbons (Fsp3) is 0.154. The normalized spacial score (nSPS) is 10.2. The van der Waals surface area contributed by atoms with Gasteiger partial charge in [0.25, 0.3) is 0 Å². The number of ether oxygens (including phenoxy) is 1. The van der Waals surface area contributed by atoms with Crippen molar-refractivity contribution < 1.29 is 14.3 Å². The number of rotatable bonds is 5. The second kappa shape index (κ2) is 5.34. The van der Waals surface area contributed by atoms with Gasteiger partial charge in [-0.2, -0.15) is 5.10 Å². The van der Waals surface area contributed by atoms with Gasteiger partial charge in [0.15, 0.2) is 6.29 Å². The van der Waals surface area contributed by atoms with E-state index in [1.165, 1.54) is 10.9 Å². The molecule has 2 rings (SSSR count). The molecule has 0 atom stereocenters. The summed E-state index contributed by atoms with van der Waals surface area (Å²) >= 11 is 0. The minimum absolute atomic E-state index is 0.0585. The Hall–Kier alpha value is -2.63. The van der Waals surface area contributed by atoms with Crippen molar-refractivity contribution >= 4 is 12.2 Å². The number of nitrogens with zero attached hydrogens (tertiary/aromatic N) is 2. The molecular formula is C13H13N3O3. The van der Waals surface area contributed by atoms with Crippen LogP contribution in [0.25, 0.3) is 11.3 Å². The van der Waals surface area contributed by atoms with Crippen LogP contribution in [-0.2, 0) is 11.3 Å². The molecule has 98 valence electrons. The molecule has 0 fully saturated rings. The lowest BCUT2D eigenvalue weighted by Gasteiger charge is -2.01. The van der Waals surface area contributed by atoms with Crippen molar-refractivity contribution in [2.45, 2.75) is 6.54 Å². The highest BCUT2D eigenvalue weighted by Crippen LogP contribution is 2.23. The van der Waals surface area contributed by atoms with Crippen molar-refractivity contribution in [2.75, 3.05) is 7.11 Å². The number of carbonyl (C=O) groups is 2. The van der Waals surface area contributed by atoms with E-state index < -0.39 is 5.91 Å². The minimum atomic E-state index is -0.513. The van der Waals surface area contributed by atoms with E-state index in [0.29, 0.717) is 23.3 Å². The van der Waals surface area contributed by atoms with Crippen LogP contribution in [0.4, 0.5) is 0 Å². The first-order valence-corrected chi connectivity index (χ1v) is 5.59. The van der Waals surface area contributed by atoms with Crippen molar-refractivity contribution in [3.05, 3.63) is 36.0 Å². The van der Waals surface area contributed by atoms with Gasteiger partial charge in [-0.25, -0.2) is 0 Å². The van der Waals surface area contributed by atoms with Gasteiger partial charge in [-0.05, 0) is 24.3 Å². The number of hydrogen-bond donors (Lipinski definition) is 1. The fourth-order valence-electron chi connectivity index (χ4n) is 1.74. The second-order valence-corrected chi connectivity index (χ2v) is 3.94. The Morgan fingerprint density at radius 3 is 2.63 bits per heavy atom. The van der Waals surface area contributed by atoms with Crippen LogP contribution in [-0.4, -0.2) is 29.1 Å². The quantitative estimate of drug-likeness (QED) is 0.806. The number of hydrogen-bond acceptors (Lipinski definition) is 4. The summed E-state index contributed by atoms with van der Waals surface area (Å²) < 4.78 is 6.42. The molecule has 1 aromatic heterocycles. The maximum absolute atomic E-state index is 11.0. The molecule has 2 aromatic rings. The number of methoxy groups -OCH3 is 1. The summed E-state index contributed by atoms with van der Waals surface area (Å²) in [7, 11) is 1.58. The molecular weight excluding hydrogens is 246 g/mol. The summed E-state index contributed by atoms with van der Waals surface area (Å²) in [5.41, 5.74) is 6.79. The molecule has 0 aliphatic heterocycles. The smallest absolute Gasteiger partial charge is 0.239 e. The van der Waals surface area contributed by atoms with Gasteiger partial charge >= 0.3 is 0 Å². The monoisotopic (exact) mass is 259 g/mol. The summed E-state index contributed by atoms with van der Waals surface area (Å²) in [4.78, 5) is 21.9. The van der Waals surface area contributed by atoms with Crippen molar-refractivity contribution in [1.29, 1.82) is 0 Å². The van der Waals surface area contributed by atoms with Crippen molar-refractivity contribution in [2.24, 2.45) is 5.73 Å². The van der Waals surface area contributed by atoms with E-state index in [-0.39, 0.29) is 6.54 Å². The predicted octanol–water partition coefficient (Wildman–Crippen LogP) is 0.856. The molecule has 0 saturated heterocycles. The van der Waals surface area contributed by atoms with E-state index in [9.17, 15) is 9.59 Å². The lowest BCUT2D eigenvalue weighted by atomic mass is 10.1. The third kappa shape index (κ3) is 2.79. The first-order chi connectivity index (χ1) is 9.13. The molecule has 2 N–H and O–H groups in total. The molecule has 1 heterocycles. The molecule has 0 spiro atoms.